The second-order valence-corrected chi connectivity index (χ2v) is 6.41. The van der Waals surface area contributed by atoms with Crippen LogP contribution in [-0.2, 0) is 11.2 Å². The van der Waals surface area contributed by atoms with Crippen molar-refractivity contribution in [2.24, 2.45) is 0 Å². The minimum atomic E-state index is 0. The maximum atomic E-state index is 12.2. The van der Waals surface area contributed by atoms with E-state index in [0.717, 1.165) is 16.8 Å². The molecule has 4 nitrogen and oxygen atoms in total. The van der Waals surface area contributed by atoms with Crippen LogP contribution >= 0.6 is 36.4 Å². The molecule has 1 unspecified atom stereocenters. The first kappa shape index (κ1) is 24.5. The fourth-order valence-electron chi connectivity index (χ4n) is 2.63. The molecular formula is C19H26Cl3N3O. The van der Waals surface area contributed by atoms with Crippen molar-refractivity contribution in [2.45, 2.75) is 18.9 Å². The quantitative estimate of drug-likeness (QED) is 0.665. The van der Waals surface area contributed by atoms with Crippen molar-refractivity contribution in [3.8, 4) is 0 Å². The van der Waals surface area contributed by atoms with Gasteiger partial charge >= 0.3 is 0 Å². The van der Waals surface area contributed by atoms with E-state index in [2.05, 4.69) is 10.2 Å². The van der Waals surface area contributed by atoms with Gasteiger partial charge in [-0.05, 0) is 43.8 Å². The van der Waals surface area contributed by atoms with Gasteiger partial charge in [0.15, 0.2) is 0 Å². The van der Waals surface area contributed by atoms with Crippen molar-refractivity contribution in [1.82, 2.24) is 10.2 Å². The molecule has 0 saturated heterocycles. The Morgan fingerprint density at radius 3 is 2.35 bits per heavy atom. The Labute approximate surface area is 172 Å². The number of nitrogens with one attached hydrogen (secondary N) is 1. The van der Waals surface area contributed by atoms with Crippen molar-refractivity contribution >= 4 is 48.0 Å². The highest BCUT2D eigenvalue weighted by molar-refractivity contribution is 6.31. The molecule has 2 aromatic rings. The van der Waals surface area contributed by atoms with Crippen LogP contribution in [-0.4, -0.2) is 31.4 Å². The fraction of sp³-hybridized carbons (Fsp3) is 0.316. The summed E-state index contributed by atoms with van der Waals surface area (Å²) >= 11 is 6.28. The molecule has 2 aromatic carbocycles. The van der Waals surface area contributed by atoms with Crippen LogP contribution in [0.1, 0.15) is 23.6 Å². The van der Waals surface area contributed by atoms with Crippen LogP contribution in [0.4, 0.5) is 5.69 Å². The monoisotopic (exact) mass is 417 g/mol. The number of halogens is 3. The SMILES string of the molecule is CN(C)C(CNC(=O)CCc1ccccc1N)c1ccccc1Cl.Cl.Cl. The predicted octanol–water partition coefficient (Wildman–Crippen LogP) is 4.12. The van der Waals surface area contributed by atoms with Gasteiger partial charge in [0.05, 0.1) is 6.04 Å². The molecular weight excluding hydrogens is 393 g/mol. The predicted molar refractivity (Wildman–Crippen MR) is 115 cm³/mol. The summed E-state index contributed by atoms with van der Waals surface area (Å²) in [6.07, 6.45) is 1.05. The third-order valence-electron chi connectivity index (χ3n) is 4.06. The molecule has 2 rings (SSSR count). The number of rotatable bonds is 7. The average molecular weight is 419 g/mol. The van der Waals surface area contributed by atoms with Gasteiger partial charge in [0.2, 0.25) is 5.91 Å². The Bertz CT molecular complexity index is 695. The highest BCUT2D eigenvalue weighted by Gasteiger charge is 2.17. The highest BCUT2D eigenvalue weighted by atomic mass is 35.5. The summed E-state index contributed by atoms with van der Waals surface area (Å²) in [4.78, 5) is 14.2. The van der Waals surface area contributed by atoms with Crippen LogP contribution in [0.5, 0.6) is 0 Å². The molecule has 0 aliphatic rings. The summed E-state index contributed by atoms with van der Waals surface area (Å²) in [7, 11) is 3.95. The lowest BCUT2D eigenvalue weighted by Crippen LogP contribution is -2.34. The first-order valence-corrected chi connectivity index (χ1v) is 8.37. The Balaban J connectivity index is 0.00000312. The van der Waals surface area contributed by atoms with Gasteiger partial charge in [-0.2, -0.15) is 0 Å². The largest absolute Gasteiger partial charge is 0.399 e. The lowest BCUT2D eigenvalue weighted by atomic mass is 10.1. The minimum absolute atomic E-state index is 0. The molecule has 26 heavy (non-hydrogen) atoms. The van der Waals surface area contributed by atoms with Gasteiger partial charge in [0.25, 0.3) is 0 Å². The van der Waals surface area contributed by atoms with Gasteiger partial charge in [-0.1, -0.05) is 48.0 Å². The van der Waals surface area contributed by atoms with Crippen LogP contribution in [0.15, 0.2) is 48.5 Å². The molecule has 1 amide bonds. The Kier molecular flexibility index (Phi) is 11.3. The second-order valence-electron chi connectivity index (χ2n) is 6.00. The number of anilines is 1. The molecule has 3 N–H and O–H groups in total. The number of aryl methyl sites for hydroxylation is 1. The molecule has 0 bridgehead atoms. The molecule has 0 aromatic heterocycles. The first-order chi connectivity index (χ1) is 11.5. The Morgan fingerprint density at radius 2 is 1.73 bits per heavy atom. The van der Waals surface area contributed by atoms with E-state index >= 15 is 0 Å². The first-order valence-electron chi connectivity index (χ1n) is 8.00. The van der Waals surface area contributed by atoms with Crippen LogP contribution in [0, 0.1) is 0 Å². The molecule has 7 heteroatoms. The molecule has 0 heterocycles. The van der Waals surface area contributed by atoms with Gasteiger partial charge in [-0.3, -0.25) is 4.79 Å². The number of para-hydroxylation sites is 1. The normalized spacial score (nSPS) is 11.2. The molecule has 0 fully saturated rings. The number of carbonyl (C=O) groups is 1. The topological polar surface area (TPSA) is 58.4 Å². The summed E-state index contributed by atoms with van der Waals surface area (Å²) < 4.78 is 0. The van der Waals surface area contributed by atoms with Gasteiger partial charge < -0.3 is 16.0 Å². The van der Waals surface area contributed by atoms with Gasteiger partial charge in [0.1, 0.15) is 0 Å². The van der Waals surface area contributed by atoms with E-state index < -0.39 is 0 Å². The lowest BCUT2D eigenvalue weighted by Gasteiger charge is -2.26. The number of likely N-dealkylation sites (N-methyl/N-ethyl adjacent to an activating group) is 1. The standard InChI is InChI=1S/C19H24ClN3O.2ClH/c1-23(2)18(15-8-4-5-9-16(15)20)13-22-19(24)12-11-14-7-3-6-10-17(14)21;;/h3-10,18H,11-13,21H2,1-2H3,(H,22,24);2*1H. The fourth-order valence-corrected chi connectivity index (χ4v) is 2.89. The Hall–Kier alpha value is -1.46. The molecule has 0 aliphatic carbocycles. The van der Waals surface area contributed by atoms with E-state index in [4.69, 9.17) is 17.3 Å². The number of benzene rings is 2. The molecule has 0 spiro atoms. The van der Waals surface area contributed by atoms with Crippen molar-refractivity contribution < 1.29 is 4.79 Å². The smallest absolute Gasteiger partial charge is 0.220 e. The summed E-state index contributed by atoms with van der Waals surface area (Å²) in [5.74, 6) is 0.0113. The van der Waals surface area contributed by atoms with Crippen molar-refractivity contribution in [1.29, 1.82) is 0 Å². The van der Waals surface area contributed by atoms with Gasteiger partial charge in [0, 0.05) is 23.7 Å². The van der Waals surface area contributed by atoms with Crippen molar-refractivity contribution in [2.75, 3.05) is 26.4 Å². The number of nitrogens with two attached hydrogens (primary N) is 1. The van der Waals surface area contributed by atoms with E-state index in [0.29, 0.717) is 24.4 Å². The van der Waals surface area contributed by atoms with E-state index in [1.54, 1.807) is 0 Å². The zero-order chi connectivity index (χ0) is 17.5. The Morgan fingerprint density at radius 1 is 1.12 bits per heavy atom. The summed E-state index contributed by atoms with van der Waals surface area (Å²) in [5.41, 5.74) is 8.65. The van der Waals surface area contributed by atoms with Crippen LogP contribution < -0.4 is 11.1 Å². The van der Waals surface area contributed by atoms with Crippen LogP contribution in [0.2, 0.25) is 5.02 Å². The van der Waals surface area contributed by atoms with E-state index in [9.17, 15) is 4.79 Å². The molecule has 0 radical (unpaired) electrons. The number of nitrogens with zero attached hydrogens (tertiary/aromatic N) is 1. The highest BCUT2D eigenvalue weighted by Crippen LogP contribution is 2.25. The molecule has 1 atom stereocenters. The van der Waals surface area contributed by atoms with Crippen LogP contribution in [0.3, 0.4) is 0 Å². The summed E-state index contributed by atoms with van der Waals surface area (Å²) in [5, 5.41) is 3.71. The third-order valence-corrected chi connectivity index (χ3v) is 4.40. The third kappa shape index (κ3) is 7.04. The maximum absolute atomic E-state index is 12.2. The van der Waals surface area contributed by atoms with Gasteiger partial charge in [-0.25, -0.2) is 0 Å². The van der Waals surface area contributed by atoms with E-state index in [1.165, 1.54) is 0 Å². The number of hydrogen-bond donors (Lipinski definition) is 2. The lowest BCUT2D eigenvalue weighted by molar-refractivity contribution is -0.121. The number of amides is 1. The second kappa shape index (κ2) is 12.0. The average Bonchev–Trinajstić information content (AvgIpc) is 2.55. The van der Waals surface area contributed by atoms with E-state index in [1.807, 2.05) is 62.6 Å². The summed E-state index contributed by atoms with van der Waals surface area (Å²) in [6.45, 7) is 0.514. The number of nitrogen functional groups attached to an aromatic ring is 1. The number of hydrogen-bond acceptors (Lipinski definition) is 3. The number of carbonyl (C=O) groups excluding carboxylic acids is 1. The van der Waals surface area contributed by atoms with Crippen LogP contribution in [0.25, 0.3) is 0 Å². The van der Waals surface area contributed by atoms with Crippen molar-refractivity contribution in [3.63, 3.8) is 0 Å². The van der Waals surface area contributed by atoms with Crippen molar-refractivity contribution in [3.05, 3.63) is 64.7 Å². The molecule has 0 saturated carbocycles. The molecule has 144 valence electrons. The summed E-state index contributed by atoms with van der Waals surface area (Å²) in [6, 6.07) is 15.4. The van der Waals surface area contributed by atoms with Gasteiger partial charge in [-0.15, -0.1) is 24.8 Å². The zero-order valence-corrected chi connectivity index (χ0v) is 17.3. The molecule has 0 aliphatic heterocycles. The van der Waals surface area contributed by atoms with E-state index in [-0.39, 0.29) is 36.8 Å². The zero-order valence-electron chi connectivity index (χ0n) is 14.9. The maximum Gasteiger partial charge on any atom is 0.220 e. The minimum Gasteiger partial charge on any atom is -0.399 e.